The Morgan fingerprint density at radius 2 is 0.955 bits per heavy atom. The Morgan fingerprint density at radius 1 is 0.455 bits per heavy atom. The van der Waals surface area contributed by atoms with Crippen molar-refractivity contribution in [2.75, 3.05) is 0 Å². The van der Waals surface area contributed by atoms with Gasteiger partial charge in [0.2, 0.25) is 0 Å². The fraction of sp³-hybridized carbons (Fsp3) is 1.00. The van der Waals surface area contributed by atoms with Crippen LogP contribution in [0.25, 0.3) is 0 Å². The van der Waals surface area contributed by atoms with Crippen LogP contribution in [0.4, 0.5) is 0 Å². The zero-order valence-corrected chi connectivity index (χ0v) is 16.5. The Hall–Kier alpha value is 0. The standard InChI is InChI=1S/C22H46/c1-5-9-11-13-14-16-18-21(8-4)20-22(17-7-3)19-15-12-10-6-2/h21-22H,5-20H2,1-4H3. The minimum atomic E-state index is 1.01. The monoisotopic (exact) mass is 310 g/mol. The van der Waals surface area contributed by atoms with Gasteiger partial charge >= 0.3 is 0 Å². The van der Waals surface area contributed by atoms with Crippen LogP contribution in [-0.4, -0.2) is 0 Å². The Kier molecular flexibility index (Phi) is 17.4. The molecule has 0 aliphatic rings. The first-order valence-corrected chi connectivity index (χ1v) is 10.8. The molecule has 0 aromatic heterocycles. The first-order valence-electron chi connectivity index (χ1n) is 10.8. The summed E-state index contributed by atoms with van der Waals surface area (Å²) in [6.45, 7) is 9.41. The molecule has 0 saturated carbocycles. The summed E-state index contributed by atoms with van der Waals surface area (Å²) in [5, 5.41) is 0. The zero-order valence-electron chi connectivity index (χ0n) is 16.5. The van der Waals surface area contributed by atoms with E-state index < -0.39 is 0 Å². The van der Waals surface area contributed by atoms with E-state index in [1.165, 1.54) is 103 Å². The van der Waals surface area contributed by atoms with E-state index in [0.717, 1.165) is 11.8 Å². The second-order valence-corrected chi connectivity index (χ2v) is 7.57. The Labute approximate surface area is 142 Å². The molecule has 0 aliphatic heterocycles. The SMILES string of the molecule is CCCCCCCCC(CC)CC(CCC)CCCCCC. The predicted octanol–water partition coefficient (Wildman–Crippen LogP) is 8.54. The molecule has 134 valence electrons. The molecule has 0 rings (SSSR count). The van der Waals surface area contributed by atoms with Crippen LogP contribution in [-0.2, 0) is 0 Å². The zero-order chi connectivity index (χ0) is 16.5. The van der Waals surface area contributed by atoms with E-state index in [1.54, 1.807) is 0 Å². The minimum absolute atomic E-state index is 1.01. The third-order valence-corrected chi connectivity index (χ3v) is 5.37. The molecule has 0 heterocycles. The molecule has 0 N–H and O–H groups in total. The minimum Gasteiger partial charge on any atom is -0.0654 e. The van der Waals surface area contributed by atoms with Crippen LogP contribution in [0.2, 0.25) is 0 Å². The largest absolute Gasteiger partial charge is 0.0654 e. The predicted molar refractivity (Wildman–Crippen MR) is 104 cm³/mol. The molecule has 0 fully saturated rings. The third kappa shape index (κ3) is 13.6. The second kappa shape index (κ2) is 17.4. The summed E-state index contributed by atoms with van der Waals surface area (Å²) in [6, 6.07) is 0. The van der Waals surface area contributed by atoms with Crippen LogP contribution in [0, 0.1) is 11.8 Å². The van der Waals surface area contributed by atoms with Gasteiger partial charge in [-0.1, -0.05) is 124 Å². The summed E-state index contributed by atoms with van der Waals surface area (Å²) in [4.78, 5) is 0. The summed E-state index contributed by atoms with van der Waals surface area (Å²) in [7, 11) is 0. The van der Waals surface area contributed by atoms with Crippen LogP contribution in [0.15, 0.2) is 0 Å². The highest BCUT2D eigenvalue weighted by atomic mass is 14.2. The molecular formula is C22H46. The van der Waals surface area contributed by atoms with Gasteiger partial charge in [-0.15, -0.1) is 0 Å². The summed E-state index contributed by atoms with van der Waals surface area (Å²) < 4.78 is 0. The highest BCUT2D eigenvalue weighted by Gasteiger charge is 2.14. The second-order valence-electron chi connectivity index (χ2n) is 7.57. The van der Waals surface area contributed by atoms with E-state index in [-0.39, 0.29) is 0 Å². The fourth-order valence-electron chi connectivity index (χ4n) is 3.82. The molecule has 0 bridgehead atoms. The first-order chi connectivity index (χ1) is 10.8. The van der Waals surface area contributed by atoms with Crippen molar-refractivity contribution in [2.24, 2.45) is 11.8 Å². The normalized spacial score (nSPS) is 14.2. The van der Waals surface area contributed by atoms with Crippen molar-refractivity contribution in [1.29, 1.82) is 0 Å². The van der Waals surface area contributed by atoms with Gasteiger partial charge in [0, 0.05) is 0 Å². The summed E-state index contributed by atoms with van der Waals surface area (Å²) in [5.41, 5.74) is 0. The molecule has 0 amide bonds. The van der Waals surface area contributed by atoms with Crippen LogP contribution < -0.4 is 0 Å². The number of hydrogen-bond acceptors (Lipinski definition) is 0. The van der Waals surface area contributed by atoms with E-state index in [9.17, 15) is 0 Å². The summed E-state index contributed by atoms with van der Waals surface area (Å²) >= 11 is 0. The van der Waals surface area contributed by atoms with Crippen molar-refractivity contribution in [3.63, 3.8) is 0 Å². The lowest BCUT2D eigenvalue weighted by molar-refractivity contribution is 0.299. The quantitative estimate of drug-likeness (QED) is 0.236. The first kappa shape index (κ1) is 22.0. The van der Waals surface area contributed by atoms with E-state index in [1.807, 2.05) is 0 Å². The average molecular weight is 311 g/mol. The van der Waals surface area contributed by atoms with Gasteiger partial charge in [0.15, 0.2) is 0 Å². The molecule has 0 spiro atoms. The van der Waals surface area contributed by atoms with Crippen molar-refractivity contribution < 1.29 is 0 Å². The highest BCUT2D eigenvalue weighted by molar-refractivity contribution is 4.67. The van der Waals surface area contributed by atoms with Gasteiger partial charge in [-0.2, -0.15) is 0 Å². The lowest BCUT2D eigenvalue weighted by Gasteiger charge is -2.22. The molecule has 0 radical (unpaired) electrons. The average Bonchev–Trinajstić information content (AvgIpc) is 2.53. The topological polar surface area (TPSA) is 0 Å². The molecule has 0 aromatic carbocycles. The van der Waals surface area contributed by atoms with Gasteiger partial charge in [-0.05, 0) is 18.3 Å². The molecule has 0 nitrogen and oxygen atoms in total. The molecule has 0 saturated heterocycles. The maximum absolute atomic E-state index is 2.42. The van der Waals surface area contributed by atoms with Gasteiger partial charge in [0.25, 0.3) is 0 Å². The van der Waals surface area contributed by atoms with Gasteiger partial charge in [0.05, 0.1) is 0 Å². The Morgan fingerprint density at radius 3 is 1.50 bits per heavy atom. The Bertz CT molecular complexity index is 196. The van der Waals surface area contributed by atoms with Crippen LogP contribution in [0.3, 0.4) is 0 Å². The summed E-state index contributed by atoms with van der Waals surface area (Å²) in [6.07, 6.45) is 23.2. The lowest BCUT2D eigenvalue weighted by atomic mass is 9.83. The van der Waals surface area contributed by atoms with Crippen molar-refractivity contribution in [3.8, 4) is 0 Å². The van der Waals surface area contributed by atoms with Gasteiger partial charge in [0.1, 0.15) is 0 Å². The summed E-state index contributed by atoms with van der Waals surface area (Å²) in [5.74, 6) is 2.03. The molecule has 2 atom stereocenters. The number of rotatable bonds is 17. The molecule has 2 unspecified atom stereocenters. The van der Waals surface area contributed by atoms with Crippen molar-refractivity contribution >= 4 is 0 Å². The van der Waals surface area contributed by atoms with Crippen molar-refractivity contribution in [2.45, 2.75) is 130 Å². The number of hydrogen-bond donors (Lipinski definition) is 0. The lowest BCUT2D eigenvalue weighted by Crippen LogP contribution is -2.09. The highest BCUT2D eigenvalue weighted by Crippen LogP contribution is 2.28. The van der Waals surface area contributed by atoms with E-state index >= 15 is 0 Å². The fourth-order valence-corrected chi connectivity index (χ4v) is 3.82. The van der Waals surface area contributed by atoms with E-state index in [0.29, 0.717) is 0 Å². The van der Waals surface area contributed by atoms with E-state index in [2.05, 4.69) is 27.7 Å². The van der Waals surface area contributed by atoms with Crippen LogP contribution in [0.5, 0.6) is 0 Å². The molecule has 0 aliphatic carbocycles. The van der Waals surface area contributed by atoms with Crippen LogP contribution >= 0.6 is 0 Å². The Balaban J connectivity index is 3.85. The maximum atomic E-state index is 2.42. The molecule has 0 aromatic rings. The third-order valence-electron chi connectivity index (χ3n) is 5.37. The van der Waals surface area contributed by atoms with Gasteiger partial charge < -0.3 is 0 Å². The molecule has 22 heavy (non-hydrogen) atoms. The van der Waals surface area contributed by atoms with Gasteiger partial charge in [-0.25, -0.2) is 0 Å². The number of unbranched alkanes of at least 4 members (excludes halogenated alkanes) is 8. The van der Waals surface area contributed by atoms with Gasteiger partial charge in [-0.3, -0.25) is 0 Å². The molecule has 0 heteroatoms. The van der Waals surface area contributed by atoms with Crippen molar-refractivity contribution in [1.82, 2.24) is 0 Å². The van der Waals surface area contributed by atoms with E-state index in [4.69, 9.17) is 0 Å². The van der Waals surface area contributed by atoms with Crippen LogP contribution in [0.1, 0.15) is 130 Å². The molecular weight excluding hydrogens is 264 g/mol. The van der Waals surface area contributed by atoms with Crippen molar-refractivity contribution in [3.05, 3.63) is 0 Å². The maximum Gasteiger partial charge on any atom is -0.0412 e. The smallest absolute Gasteiger partial charge is 0.0412 e.